The number of methoxy groups -OCH3 is 1. The smallest absolute Gasteiger partial charge is 0.319 e. The number of hydrogen-bond donors (Lipinski definition) is 4. The van der Waals surface area contributed by atoms with E-state index in [9.17, 15) is 4.79 Å². The molecule has 0 aliphatic heterocycles. The van der Waals surface area contributed by atoms with Crippen LogP contribution in [-0.2, 0) is 0 Å². The Morgan fingerprint density at radius 3 is 2.61 bits per heavy atom. The molecule has 0 atom stereocenters. The third kappa shape index (κ3) is 5.20. The largest absolute Gasteiger partial charge is 0.497 e. The summed E-state index contributed by atoms with van der Waals surface area (Å²) in [5, 5.41) is 12.4. The molecular weight excluding hydrogens is 232 g/mol. The maximum Gasteiger partial charge on any atom is 0.319 e. The molecule has 0 bridgehead atoms. The lowest BCUT2D eigenvalue weighted by Gasteiger charge is -2.08. The number of amides is 2. The monoisotopic (exact) mass is 250 g/mol. The minimum absolute atomic E-state index is 0.132. The third-order valence-corrected chi connectivity index (χ3v) is 2.26. The Bertz CT molecular complexity index is 403. The van der Waals surface area contributed by atoms with Crippen molar-refractivity contribution in [1.29, 1.82) is 5.41 Å². The highest BCUT2D eigenvalue weighted by Gasteiger charge is 2.01. The molecule has 6 heteroatoms. The lowest BCUT2D eigenvalue weighted by atomic mass is 10.3. The van der Waals surface area contributed by atoms with Gasteiger partial charge in [-0.2, -0.15) is 0 Å². The van der Waals surface area contributed by atoms with Crippen LogP contribution in [0.15, 0.2) is 24.3 Å². The quantitative estimate of drug-likeness (QED) is 0.350. The molecule has 1 aromatic carbocycles. The van der Waals surface area contributed by atoms with Gasteiger partial charge in [-0.25, -0.2) is 4.79 Å². The second-order valence-corrected chi connectivity index (χ2v) is 3.74. The summed E-state index contributed by atoms with van der Waals surface area (Å²) >= 11 is 0. The van der Waals surface area contributed by atoms with Crippen molar-refractivity contribution in [3.05, 3.63) is 24.3 Å². The SMILES string of the molecule is COc1ccc(NC(=O)NCCCC(=N)N)cc1. The fourth-order valence-electron chi connectivity index (χ4n) is 1.33. The van der Waals surface area contributed by atoms with Crippen molar-refractivity contribution in [1.82, 2.24) is 5.32 Å². The van der Waals surface area contributed by atoms with E-state index in [2.05, 4.69) is 10.6 Å². The van der Waals surface area contributed by atoms with Crippen molar-refractivity contribution < 1.29 is 9.53 Å². The Morgan fingerprint density at radius 2 is 2.06 bits per heavy atom. The predicted octanol–water partition coefficient (Wildman–Crippen LogP) is 1.53. The number of anilines is 1. The van der Waals surface area contributed by atoms with Gasteiger partial charge in [-0.3, -0.25) is 5.41 Å². The zero-order valence-corrected chi connectivity index (χ0v) is 10.3. The van der Waals surface area contributed by atoms with Crippen molar-refractivity contribution in [3.63, 3.8) is 0 Å². The van der Waals surface area contributed by atoms with Gasteiger partial charge in [-0.1, -0.05) is 0 Å². The topological polar surface area (TPSA) is 100 Å². The Balaban J connectivity index is 2.28. The molecule has 2 amide bonds. The molecule has 0 aliphatic carbocycles. The standard InChI is InChI=1S/C12H18N4O2/c1-18-10-6-4-9(5-7-10)16-12(17)15-8-2-3-11(13)14/h4-7H,2-3,8H2,1H3,(H3,13,14)(H2,15,16,17). The summed E-state index contributed by atoms with van der Waals surface area (Å²) < 4.78 is 5.02. The van der Waals surface area contributed by atoms with Crippen molar-refractivity contribution in [2.24, 2.45) is 5.73 Å². The van der Waals surface area contributed by atoms with Crippen LogP contribution in [0.25, 0.3) is 0 Å². The van der Waals surface area contributed by atoms with Crippen LogP contribution < -0.4 is 21.1 Å². The first kappa shape index (κ1) is 13.8. The van der Waals surface area contributed by atoms with E-state index in [0.717, 1.165) is 5.75 Å². The summed E-state index contributed by atoms with van der Waals surface area (Å²) in [5.41, 5.74) is 5.90. The van der Waals surface area contributed by atoms with Crippen molar-refractivity contribution in [2.45, 2.75) is 12.8 Å². The first-order valence-corrected chi connectivity index (χ1v) is 5.63. The minimum atomic E-state index is -0.274. The van der Waals surface area contributed by atoms with Gasteiger partial charge in [0.05, 0.1) is 12.9 Å². The Morgan fingerprint density at radius 1 is 1.39 bits per heavy atom. The molecule has 0 heterocycles. The van der Waals surface area contributed by atoms with Gasteiger partial charge >= 0.3 is 6.03 Å². The number of urea groups is 1. The van der Waals surface area contributed by atoms with Gasteiger partial charge < -0.3 is 21.1 Å². The highest BCUT2D eigenvalue weighted by Crippen LogP contribution is 2.14. The number of benzene rings is 1. The van der Waals surface area contributed by atoms with E-state index in [1.807, 2.05) is 0 Å². The molecule has 0 radical (unpaired) electrons. The first-order chi connectivity index (χ1) is 8.61. The molecule has 6 nitrogen and oxygen atoms in total. The van der Waals surface area contributed by atoms with E-state index in [1.165, 1.54) is 0 Å². The van der Waals surface area contributed by atoms with Gasteiger partial charge in [-0.05, 0) is 30.7 Å². The molecule has 5 N–H and O–H groups in total. The highest BCUT2D eigenvalue weighted by molar-refractivity contribution is 5.89. The molecule has 0 aliphatic rings. The van der Waals surface area contributed by atoms with Crippen LogP contribution in [0.1, 0.15) is 12.8 Å². The fraction of sp³-hybridized carbons (Fsp3) is 0.333. The molecule has 0 spiro atoms. The molecular formula is C12H18N4O2. The Hall–Kier alpha value is -2.24. The van der Waals surface area contributed by atoms with Gasteiger partial charge in [0, 0.05) is 18.7 Å². The lowest BCUT2D eigenvalue weighted by molar-refractivity contribution is 0.252. The third-order valence-electron chi connectivity index (χ3n) is 2.26. The second-order valence-electron chi connectivity index (χ2n) is 3.74. The van der Waals surface area contributed by atoms with Crippen LogP contribution in [0.5, 0.6) is 5.75 Å². The van der Waals surface area contributed by atoms with Gasteiger partial charge in [0.15, 0.2) is 0 Å². The second kappa shape index (κ2) is 7.16. The number of amidine groups is 1. The lowest BCUT2D eigenvalue weighted by Crippen LogP contribution is -2.30. The molecule has 1 rings (SSSR count). The van der Waals surface area contributed by atoms with Crippen LogP contribution in [0, 0.1) is 5.41 Å². The zero-order valence-electron chi connectivity index (χ0n) is 10.3. The van der Waals surface area contributed by atoms with Crippen LogP contribution in [-0.4, -0.2) is 25.5 Å². The maximum atomic E-state index is 11.5. The van der Waals surface area contributed by atoms with E-state index < -0.39 is 0 Å². The minimum Gasteiger partial charge on any atom is -0.497 e. The molecule has 0 fully saturated rings. The van der Waals surface area contributed by atoms with E-state index in [1.54, 1.807) is 31.4 Å². The summed E-state index contributed by atoms with van der Waals surface area (Å²) in [6.45, 7) is 0.488. The first-order valence-electron chi connectivity index (χ1n) is 5.63. The molecule has 98 valence electrons. The van der Waals surface area contributed by atoms with Gasteiger partial charge in [-0.15, -0.1) is 0 Å². The number of carbonyl (C=O) groups excluding carboxylic acids is 1. The van der Waals surface area contributed by atoms with Crippen molar-refractivity contribution in [2.75, 3.05) is 19.0 Å². The van der Waals surface area contributed by atoms with Crippen LogP contribution in [0.2, 0.25) is 0 Å². The summed E-state index contributed by atoms with van der Waals surface area (Å²) in [7, 11) is 1.59. The molecule has 0 saturated heterocycles. The van der Waals surface area contributed by atoms with Crippen molar-refractivity contribution >= 4 is 17.6 Å². The van der Waals surface area contributed by atoms with Gasteiger partial charge in [0.2, 0.25) is 0 Å². The van der Waals surface area contributed by atoms with E-state index >= 15 is 0 Å². The summed E-state index contributed by atoms with van der Waals surface area (Å²) in [4.78, 5) is 11.5. The summed E-state index contributed by atoms with van der Waals surface area (Å²) in [5.74, 6) is 0.870. The average molecular weight is 250 g/mol. The number of nitrogens with two attached hydrogens (primary N) is 1. The zero-order chi connectivity index (χ0) is 13.4. The Labute approximate surface area is 106 Å². The number of rotatable bonds is 6. The van der Waals surface area contributed by atoms with E-state index in [4.69, 9.17) is 15.9 Å². The van der Waals surface area contributed by atoms with E-state index in [0.29, 0.717) is 25.1 Å². The molecule has 0 unspecified atom stereocenters. The average Bonchev–Trinajstić information content (AvgIpc) is 2.35. The highest BCUT2D eigenvalue weighted by atomic mass is 16.5. The van der Waals surface area contributed by atoms with Crippen molar-refractivity contribution in [3.8, 4) is 5.75 Å². The Kier molecular flexibility index (Phi) is 5.50. The van der Waals surface area contributed by atoms with Gasteiger partial charge in [0.25, 0.3) is 0 Å². The number of carbonyl (C=O) groups is 1. The molecule has 0 aromatic heterocycles. The number of hydrogen-bond acceptors (Lipinski definition) is 3. The molecule has 1 aromatic rings. The number of ether oxygens (including phenoxy) is 1. The molecule has 0 saturated carbocycles. The van der Waals surface area contributed by atoms with Gasteiger partial charge in [0.1, 0.15) is 5.75 Å². The summed E-state index contributed by atoms with van der Waals surface area (Å²) in [6.07, 6.45) is 1.15. The van der Waals surface area contributed by atoms with E-state index in [-0.39, 0.29) is 11.9 Å². The normalized spacial score (nSPS) is 9.61. The van der Waals surface area contributed by atoms with Crippen LogP contribution >= 0.6 is 0 Å². The predicted molar refractivity (Wildman–Crippen MR) is 71.2 cm³/mol. The van der Waals surface area contributed by atoms with Crippen LogP contribution in [0.3, 0.4) is 0 Å². The maximum absolute atomic E-state index is 11.5. The molecule has 18 heavy (non-hydrogen) atoms. The summed E-state index contributed by atoms with van der Waals surface area (Å²) in [6, 6.07) is 6.78. The fourth-order valence-corrected chi connectivity index (χ4v) is 1.33. The number of nitrogens with one attached hydrogen (secondary N) is 3. The van der Waals surface area contributed by atoms with Crippen LogP contribution in [0.4, 0.5) is 10.5 Å².